The Morgan fingerprint density at radius 2 is 0.923 bits per heavy atom. The molecule has 7 heteroatoms. The topological polar surface area (TPSA) is 0 Å². The van der Waals surface area contributed by atoms with E-state index in [4.69, 9.17) is 34.1 Å². The average molecular weight is 1120 g/mol. The van der Waals surface area contributed by atoms with Crippen molar-refractivity contribution in [1.29, 1.82) is 0 Å². The Kier molecular flexibility index (Phi) is 15.5. The second-order valence-electron chi connectivity index (χ2n) is 22.4. The zero-order valence-corrected chi connectivity index (χ0v) is 49.8. The van der Waals surface area contributed by atoms with E-state index in [9.17, 15) is 0 Å². The van der Waals surface area contributed by atoms with Crippen molar-refractivity contribution in [3.8, 4) is 22.3 Å². The molecule has 0 spiro atoms. The monoisotopic (exact) mass is 1120 g/mol. The summed E-state index contributed by atoms with van der Waals surface area (Å²) in [6, 6.07) is 32.3. The van der Waals surface area contributed by atoms with Crippen molar-refractivity contribution in [3.63, 3.8) is 0 Å². The van der Waals surface area contributed by atoms with Crippen molar-refractivity contribution in [1.82, 2.24) is 0 Å². The van der Waals surface area contributed by atoms with Gasteiger partial charge >= 0.3 is 424 Å². The second-order valence-corrected chi connectivity index (χ2v) is 60.1. The molecule has 0 amide bonds. The fraction of sp³-hybridized carbons (Fsp3) is 0.448. The minimum absolute atomic E-state index is 0.104. The third kappa shape index (κ3) is 10.8. The van der Waals surface area contributed by atoms with Crippen LogP contribution in [0.3, 0.4) is 0 Å². The molecule has 0 fully saturated rings. The first-order chi connectivity index (χ1) is 30.8. The second kappa shape index (κ2) is 20.0. The van der Waals surface area contributed by atoms with Gasteiger partial charge in [0.15, 0.2) is 0 Å². The molecule has 8 rings (SSSR count). The van der Waals surface area contributed by atoms with Crippen LogP contribution in [0.2, 0.25) is 7.50 Å². The van der Waals surface area contributed by atoms with Crippen molar-refractivity contribution in [2.45, 2.75) is 145 Å². The van der Waals surface area contributed by atoms with E-state index in [0.717, 1.165) is 58.9 Å². The summed E-state index contributed by atoms with van der Waals surface area (Å²) in [7, 11) is 31.6. The van der Waals surface area contributed by atoms with Crippen molar-refractivity contribution in [2.24, 2.45) is 10.8 Å². The predicted molar refractivity (Wildman–Crippen MR) is 285 cm³/mol. The zero-order valence-electron chi connectivity index (χ0n) is 40.4. The number of allylic oxidation sites excluding steroid dienone is 6. The van der Waals surface area contributed by atoms with Crippen LogP contribution in [0.25, 0.3) is 34.4 Å². The first kappa shape index (κ1) is 50.4. The van der Waals surface area contributed by atoms with Gasteiger partial charge in [-0.3, -0.25) is 0 Å². The summed E-state index contributed by atoms with van der Waals surface area (Å²) in [5.41, 5.74) is 16.9. The predicted octanol–water partition coefficient (Wildman–Crippen LogP) is 19.1. The molecule has 4 unspecified atom stereocenters. The van der Waals surface area contributed by atoms with E-state index in [1.165, 1.54) is 79.6 Å². The molecule has 4 aromatic carbocycles. The number of rotatable bonds is 14. The molecule has 4 aliphatic carbocycles. The fourth-order valence-corrected chi connectivity index (χ4v) is 56.4. The molecule has 0 saturated carbocycles. The summed E-state index contributed by atoms with van der Waals surface area (Å²) in [6.07, 6.45) is 26.1. The van der Waals surface area contributed by atoms with Gasteiger partial charge in [0.1, 0.15) is 0 Å². The Morgan fingerprint density at radius 3 is 1.25 bits per heavy atom. The molecular formula is C58H72Cl4SiZr2. The van der Waals surface area contributed by atoms with Gasteiger partial charge < -0.3 is 0 Å². The molecule has 0 aliphatic heterocycles. The van der Waals surface area contributed by atoms with Gasteiger partial charge in [-0.25, -0.2) is 0 Å². The molecule has 0 radical (unpaired) electrons. The average Bonchev–Trinajstić information content (AvgIpc) is 3.85. The maximum atomic E-state index is 8.11. The Bertz CT molecular complexity index is 2310. The molecule has 65 heavy (non-hydrogen) atoms. The first-order valence-electron chi connectivity index (χ1n) is 24.7. The molecule has 0 aromatic heterocycles. The maximum absolute atomic E-state index is 8.11. The number of fused-ring (bicyclic) bond motifs is 2. The van der Waals surface area contributed by atoms with E-state index in [1.54, 1.807) is 0 Å². The SMILES string of the molecule is CCC1(CC2=Cc3c(-c4ccc(C(C)(C)C)cc4)cccc3[CH]2[Zr]([Cl])([Cl])[CH2][SiH2][CH2][Zr]([Cl])([Cl])[CH]2C(CC3(CC)CC=CCC3)=Cc3c(-c4ccc(C(C)(C)C)cc4)cccc32)CC=CCC1. The van der Waals surface area contributed by atoms with Crippen LogP contribution in [-0.2, 0) is 46.6 Å². The Morgan fingerprint density at radius 1 is 0.538 bits per heavy atom. The van der Waals surface area contributed by atoms with Gasteiger partial charge in [-0.15, -0.1) is 0 Å². The molecule has 344 valence electrons. The molecule has 4 aliphatic rings. The summed E-state index contributed by atoms with van der Waals surface area (Å²) in [5.74, 6) is 0. The van der Waals surface area contributed by atoms with Gasteiger partial charge in [0.25, 0.3) is 0 Å². The summed E-state index contributed by atoms with van der Waals surface area (Å²) in [6.45, 7) is 18.5. The summed E-state index contributed by atoms with van der Waals surface area (Å²) in [5, 5.41) is 0. The van der Waals surface area contributed by atoms with Crippen LogP contribution < -0.4 is 0 Å². The van der Waals surface area contributed by atoms with Gasteiger partial charge in [-0.1, -0.05) is 0 Å². The van der Waals surface area contributed by atoms with Gasteiger partial charge in [0, 0.05) is 0 Å². The molecule has 4 atom stereocenters. The molecule has 0 saturated heterocycles. The van der Waals surface area contributed by atoms with Crippen LogP contribution in [0.5, 0.6) is 0 Å². The Balaban J connectivity index is 1.10. The van der Waals surface area contributed by atoms with Crippen molar-refractivity contribution < 1.29 is 35.8 Å². The quantitative estimate of drug-likeness (QED) is 0.0872. The van der Waals surface area contributed by atoms with E-state index >= 15 is 0 Å². The van der Waals surface area contributed by atoms with Gasteiger partial charge in [0.05, 0.1) is 0 Å². The summed E-state index contributed by atoms with van der Waals surface area (Å²) >= 11 is -7.81. The van der Waals surface area contributed by atoms with E-state index in [-0.39, 0.29) is 28.9 Å². The first-order valence-corrected chi connectivity index (χ1v) is 45.7. The van der Waals surface area contributed by atoms with Gasteiger partial charge in [0.2, 0.25) is 0 Å². The molecule has 4 aromatic rings. The van der Waals surface area contributed by atoms with Gasteiger partial charge in [-0.05, 0) is 0 Å². The third-order valence-corrected chi connectivity index (χ3v) is 59.2. The van der Waals surface area contributed by atoms with Crippen LogP contribution in [0.4, 0.5) is 0 Å². The Labute approximate surface area is 419 Å². The van der Waals surface area contributed by atoms with E-state index in [1.807, 2.05) is 0 Å². The van der Waals surface area contributed by atoms with Crippen molar-refractivity contribution >= 4 is 55.7 Å². The van der Waals surface area contributed by atoms with Crippen molar-refractivity contribution in [3.05, 3.63) is 154 Å². The molecule has 0 heterocycles. The fourth-order valence-electron chi connectivity index (χ4n) is 11.8. The number of benzene rings is 4. The zero-order chi connectivity index (χ0) is 46.4. The summed E-state index contributed by atoms with van der Waals surface area (Å²) in [4.78, 5) is 0. The molecule has 0 N–H and O–H groups in total. The number of hydrogen-bond acceptors (Lipinski definition) is 0. The van der Waals surface area contributed by atoms with Crippen LogP contribution in [0.15, 0.2) is 120 Å². The van der Waals surface area contributed by atoms with Crippen LogP contribution in [0, 0.1) is 10.8 Å². The molecule has 0 nitrogen and oxygen atoms in total. The summed E-state index contributed by atoms with van der Waals surface area (Å²) < 4.78 is 2.21. The van der Waals surface area contributed by atoms with E-state index in [2.05, 4.69) is 177 Å². The van der Waals surface area contributed by atoms with Crippen LogP contribution in [0.1, 0.15) is 160 Å². The third-order valence-electron chi connectivity index (χ3n) is 16.1. The van der Waals surface area contributed by atoms with Crippen molar-refractivity contribution in [2.75, 3.05) is 0 Å². The standard InChI is InChI=1S/2C28H33.C2H6Si.4ClH.2Zr/c2*1-5-28(16-7-6-8-17-28)20-21-18-23-10-9-11-25(26(23)19-21)22-12-14-24(15-13-22)27(2,3)4;1-3-2;;;;;;/h2*6-7,9-15,18-19H,5,8,16-17,20H2,1-4H3;1-3H2;4*1H;;/q;;;;;;;2*+2/p-4. The number of halogens is 4. The van der Waals surface area contributed by atoms with E-state index in [0.29, 0.717) is 0 Å². The molecule has 0 bridgehead atoms. The number of hydrogen-bond donors (Lipinski definition) is 0. The van der Waals surface area contributed by atoms with E-state index < -0.39 is 45.3 Å². The Hall–Kier alpha value is -1.02. The van der Waals surface area contributed by atoms with Gasteiger partial charge in [-0.2, -0.15) is 0 Å². The minimum atomic E-state index is -3.91. The van der Waals surface area contributed by atoms with Crippen LogP contribution >= 0.6 is 34.1 Å². The van der Waals surface area contributed by atoms with Crippen LogP contribution in [-0.4, -0.2) is 9.52 Å². The molecular weight excluding hydrogens is 1050 g/mol. The normalized spacial score (nSPS) is 23.5.